The first-order chi connectivity index (χ1) is 5.73. The van der Waals surface area contributed by atoms with Gasteiger partial charge in [0.15, 0.2) is 0 Å². The first-order valence-corrected chi connectivity index (χ1v) is 5.13. The van der Waals surface area contributed by atoms with Crippen molar-refractivity contribution in [3.05, 3.63) is 0 Å². The minimum atomic E-state index is 0.606. The fourth-order valence-electron chi connectivity index (χ4n) is 2.23. The highest BCUT2D eigenvalue weighted by molar-refractivity contribution is 5.03. The molecule has 2 aliphatic rings. The van der Waals surface area contributed by atoms with E-state index in [0.29, 0.717) is 5.54 Å². The van der Waals surface area contributed by atoms with Crippen LogP contribution in [-0.2, 0) is 0 Å². The molecule has 72 valence electrons. The Bertz CT molecular complexity index is 147. The number of hydrogen-bond acceptors (Lipinski definition) is 2. The van der Waals surface area contributed by atoms with Crippen LogP contribution in [0.2, 0.25) is 0 Å². The van der Waals surface area contributed by atoms with E-state index in [1.807, 2.05) is 13.8 Å². The SMILES string of the molecule is CC.CN1CCC2(CCN2C)C1. The standard InChI is InChI=1S/C8H16N2.C2H6/c1-9-5-3-8(7-9)4-6-10(8)2;1-2/h3-7H2,1-2H3;1-2H3. The van der Waals surface area contributed by atoms with Gasteiger partial charge in [-0.1, -0.05) is 13.8 Å². The lowest BCUT2D eigenvalue weighted by molar-refractivity contribution is 0.0215. The van der Waals surface area contributed by atoms with E-state index < -0.39 is 0 Å². The van der Waals surface area contributed by atoms with Crippen LogP contribution in [0.15, 0.2) is 0 Å². The van der Waals surface area contributed by atoms with Gasteiger partial charge in [-0.05, 0) is 33.5 Å². The van der Waals surface area contributed by atoms with Crippen molar-refractivity contribution in [3.8, 4) is 0 Å². The van der Waals surface area contributed by atoms with Gasteiger partial charge in [0.2, 0.25) is 0 Å². The second-order valence-corrected chi connectivity index (χ2v) is 3.88. The Kier molecular flexibility index (Phi) is 3.13. The first-order valence-electron chi connectivity index (χ1n) is 5.13. The predicted octanol–water partition coefficient (Wildman–Crippen LogP) is 1.42. The molecular formula is C10H22N2. The van der Waals surface area contributed by atoms with E-state index in [2.05, 4.69) is 23.9 Å². The Morgan fingerprint density at radius 3 is 1.75 bits per heavy atom. The third-order valence-corrected chi connectivity index (χ3v) is 3.25. The van der Waals surface area contributed by atoms with E-state index in [9.17, 15) is 0 Å². The Morgan fingerprint density at radius 1 is 1.00 bits per heavy atom. The molecule has 1 unspecified atom stereocenters. The molecule has 2 fully saturated rings. The molecule has 2 saturated heterocycles. The lowest BCUT2D eigenvalue weighted by atomic mass is 9.85. The van der Waals surface area contributed by atoms with Crippen molar-refractivity contribution >= 4 is 0 Å². The van der Waals surface area contributed by atoms with Gasteiger partial charge < -0.3 is 4.90 Å². The van der Waals surface area contributed by atoms with Crippen LogP contribution in [0.1, 0.15) is 26.7 Å². The van der Waals surface area contributed by atoms with Crippen molar-refractivity contribution in [1.82, 2.24) is 9.80 Å². The summed E-state index contributed by atoms with van der Waals surface area (Å²) in [5.74, 6) is 0. The minimum Gasteiger partial charge on any atom is -0.304 e. The third kappa shape index (κ3) is 1.50. The fraction of sp³-hybridized carbons (Fsp3) is 1.00. The molecule has 2 nitrogen and oxygen atoms in total. The van der Waals surface area contributed by atoms with Gasteiger partial charge in [0.05, 0.1) is 0 Å². The van der Waals surface area contributed by atoms with Crippen LogP contribution in [-0.4, -0.2) is 49.1 Å². The largest absolute Gasteiger partial charge is 0.304 e. The molecular weight excluding hydrogens is 148 g/mol. The van der Waals surface area contributed by atoms with Crippen molar-refractivity contribution in [3.63, 3.8) is 0 Å². The smallest absolute Gasteiger partial charge is 0.0357 e. The molecule has 12 heavy (non-hydrogen) atoms. The molecule has 0 aliphatic carbocycles. The summed E-state index contributed by atoms with van der Waals surface area (Å²) in [6.07, 6.45) is 2.81. The molecule has 1 atom stereocenters. The topological polar surface area (TPSA) is 6.48 Å². The average molecular weight is 170 g/mol. The van der Waals surface area contributed by atoms with E-state index in [1.165, 1.54) is 32.5 Å². The van der Waals surface area contributed by atoms with E-state index in [-0.39, 0.29) is 0 Å². The van der Waals surface area contributed by atoms with Crippen molar-refractivity contribution < 1.29 is 0 Å². The van der Waals surface area contributed by atoms with Gasteiger partial charge in [-0.3, -0.25) is 4.90 Å². The number of hydrogen-bond donors (Lipinski definition) is 0. The van der Waals surface area contributed by atoms with E-state index in [0.717, 1.165) is 0 Å². The maximum atomic E-state index is 2.51. The van der Waals surface area contributed by atoms with Gasteiger partial charge in [0.1, 0.15) is 0 Å². The molecule has 0 aromatic heterocycles. The molecule has 2 heteroatoms. The number of likely N-dealkylation sites (N-methyl/N-ethyl adjacent to an activating group) is 2. The van der Waals surface area contributed by atoms with Crippen LogP contribution in [0, 0.1) is 0 Å². The zero-order valence-corrected chi connectivity index (χ0v) is 8.93. The van der Waals surface area contributed by atoms with Gasteiger partial charge in [0.25, 0.3) is 0 Å². The number of nitrogens with zero attached hydrogens (tertiary/aromatic N) is 2. The maximum Gasteiger partial charge on any atom is 0.0357 e. The molecule has 0 aromatic rings. The molecule has 0 radical (unpaired) electrons. The van der Waals surface area contributed by atoms with E-state index in [4.69, 9.17) is 0 Å². The van der Waals surface area contributed by atoms with Crippen molar-refractivity contribution in [2.75, 3.05) is 33.7 Å². The zero-order valence-electron chi connectivity index (χ0n) is 8.93. The summed E-state index contributed by atoms with van der Waals surface area (Å²) in [6.45, 7) is 7.90. The summed E-state index contributed by atoms with van der Waals surface area (Å²) >= 11 is 0. The van der Waals surface area contributed by atoms with Crippen LogP contribution in [0.3, 0.4) is 0 Å². The molecule has 2 rings (SSSR count). The molecule has 0 aromatic carbocycles. The molecule has 0 N–H and O–H groups in total. The highest BCUT2D eigenvalue weighted by atomic mass is 15.3. The second kappa shape index (κ2) is 3.75. The lowest BCUT2D eigenvalue weighted by Crippen LogP contribution is -2.58. The molecule has 0 bridgehead atoms. The van der Waals surface area contributed by atoms with Crippen LogP contribution in [0.4, 0.5) is 0 Å². The summed E-state index contributed by atoms with van der Waals surface area (Å²) in [4.78, 5) is 4.95. The van der Waals surface area contributed by atoms with E-state index in [1.54, 1.807) is 0 Å². The average Bonchev–Trinajstić information content (AvgIpc) is 2.51. The molecule has 1 spiro atoms. The number of rotatable bonds is 0. The van der Waals surface area contributed by atoms with Gasteiger partial charge in [0, 0.05) is 18.6 Å². The highest BCUT2D eigenvalue weighted by Crippen LogP contribution is 2.36. The van der Waals surface area contributed by atoms with Gasteiger partial charge in [-0.2, -0.15) is 0 Å². The normalized spacial score (nSPS) is 36.0. The second-order valence-electron chi connectivity index (χ2n) is 3.88. The fourth-order valence-corrected chi connectivity index (χ4v) is 2.23. The van der Waals surface area contributed by atoms with Crippen molar-refractivity contribution in [1.29, 1.82) is 0 Å². The van der Waals surface area contributed by atoms with Crippen LogP contribution < -0.4 is 0 Å². The minimum absolute atomic E-state index is 0.606. The van der Waals surface area contributed by atoms with Crippen LogP contribution >= 0.6 is 0 Å². The Hall–Kier alpha value is -0.0800. The van der Waals surface area contributed by atoms with Crippen molar-refractivity contribution in [2.45, 2.75) is 32.2 Å². The molecule has 0 amide bonds. The van der Waals surface area contributed by atoms with E-state index >= 15 is 0 Å². The monoisotopic (exact) mass is 170 g/mol. The van der Waals surface area contributed by atoms with Crippen LogP contribution in [0.5, 0.6) is 0 Å². The maximum absolute atomic E-state index is 2.51. The molecule has 0 saturated carbocycles. The predicted molar refractivity (Wildman–Crippen MR) is 53.4 cm³/mol. The van der Waals surface area contributed by atoms with Crippen LogP contribution in [0.25, 0.3) is 0 Å². The number of likely N-dealkylation sites (tertiary alicyclic amines) is 2. The first kappa shape index (κ1) is 10.0. The Balaban J connectivity index is 0.000000336. The summed E-state index contributed by atoms with van der Waals surface area (Å²) in [7, 11) is 4.48. The molecule has 2 heterocycles. The quantitative estimate of drug-likeness (QED) is 0.542. The van der Waals surface area contributed by atoms with Gasteiger partial charge in [-0.25, -0.2) is 0 Å². The Labute approximate surface area is 76.5 Å². The van der Waals surface area contributed by atoms with Crippen molar-refractivity contribution in [2.24, 2.45) is 0 Å². The summed E-state index contributed by atoms with van der Waals surface area (Å²) in [6, 6.07) is 0. The summed E-state index contributed by atoms with van der Waals surface area (Å²) in [5, 5.41) is 0. The van der Waals surface area contributed by atoms with Gasteiger partial charge >= 0.3 is 0 Å². The Morgan fingerprint density at radius 2 is 1.58 bits per heavy atom. The summed E-state index contributed by atoms with van der Waals surface area (Å²) < 4.78 is 0. The lowest BCUT2D eigenvalue weighted by Gasteiger charge is -2.48. The zero-order chi connectivity index (χ0) is 9.19. The third-order valence-electron chi connectivity index (χ3n) is 3.25. The summed E-state index contributed by atoms with van der Waals surface area (Å²) in [5.41, 5.74) is 0.606. The molecule has 2 aliphatic heterocycles. The van der Waals surface area contributed by atoms with Gasteiger partial charge in [-0.15, -0.1) is 0 Å². The highest BCUT2D eigenvalue weighted by Gasteiger charge is 2.45.